The van der Waals surface area contributed by atoms with Crippen LogP contribution in [0.15, 0.2) is 18.2 Å². The molecular weight excluding hydrogens is 240 g/mol. The fourth-order valence-electron chi connectivity index (χ4n) is 3.14. The number of benzene rings is 1. The van der Waals surface area contributed by atoms with E-state index in [4.69, 9.17) is 0 Å². The second-order valence-corrected chi connectivity index (χ2v) is 5.79. The fraction of sp³-hybridized carbons (Fsp3) is 0.533. The first-order chi connectivity index (χ1) is 9.08. The highest BCUT2D eigenvalue weighted by molar-refractivity contribution is 5.86. The third-order valence-electron chi connectivity index (χ3n) is 4.33. The van der Waals surface area contributed by atoms with Gasteiger partial charge in [-0.3, -0.25) is 4.79 Å². The number of rotatable bonds is 1. The third kappa shape index (κ3) is 2.21. The molecule has 0 saturated carbocycles. The highest BCUT2D eigenvalue weighted by atomic mass is 16.3. The number of nitrogens with zero attached hydrogens (tertiary/aromatic N) is 1. The predicted molar refractivity (Wildman–Crippen MR) is 72.9 cm³/mol. The minimum atomic E-state index is -0.395. The van der Waals surface area contributed by atoms with Gasteiger partial charge in [-0.15, -0.1) is 0 Å². The Labute approximate surface area is 113 Å². The number of fused-ring (bicyclic) bond motifs is 1. The van der Waals surface area contributed by atoms with Crippen LogP contribution in [-0.2, 0) is 17.8 Å². The quantitative estimate of drug-likeness (QED) is 0.803. The van der Waals surface area contributed by atoms with Crippen LogP contribution in [0.1, 0.15) is 30.9 Å². The van der Waals surface area contributed by atoms with Gasteiger partial charge in [0.1, 0.15) is 5.75 Å². The van der Waals surface area contributed by atoms with Crippen molar-refractivity contribution in [1.29, 1.82) is 0 Å². The lowest BCUT2D eigenvalue weighted by Gasteiger charge is -2.35. The normalized spacial score (nSPS) is 26.3. The van der Waals surface area contributed by atoms with E-state index in [9.17, 15) is 9.90 Å². The summed E-state index contributed by atoms with van der Waals surface area (Å²) in [5.74, 6) is 0.470. The molecule has 0 spiro atoms. The van der Waals surface area contributed by atoms with Gasteiger partial charge in [0.25, 0.3) is 0 Å². The van der Waals surface area contributed by atoms with Gasteiger partial charge < -0.3 is 15.3 Å². The first kappa shape index (κ1) is 12.5. The fourth-order valence-corrected chi connectivity index (χ4v) is 3.14. The van der Waals surface area contributed by atoms with E-state index < -0.39 is 5.54 Å². The number of phenols is 1. The van der Waals surface area contributed by atoms with E-state index in [0.29, 0.717) is 6.54 Å². The van der Waals surface area contributed by atoms with Crippen molar-refractivity contribution in [2.45, 2.75) is 38.3 Å². The zero-order chi connectivity index (χ0) is 13.5. The lowest BCUT2D eigenvalue weighted by Crippen LogP contribution is -2.53. The van der Waals surface area contributed by atoms with Gasteiger partial charge in [-0.25, -0.2) is 0 Å². The van der Waals surface area contributed by atoms with Gasteiger partial charge in [-0.2, -0.15) is 0 Å². The van der Waals surface area contributed by atoms with E-state index in [0.717, 1.165) is 37.9 Å². The summed E-state index contributed by atoms with van der Waals surface area (Å²) in [5, 5.41) is 12.9. The van der Waals surface area contributed by atoms with Gasteiger partial charge in [-0.1, -0.05) is 6.07 Å². The second kappa shape index (κ2) is 4.53. The van der Waals surface area contributed by atoms with Crippen molar-refractivity contribution in [3.05, 3.63) is 29.3 Å². The molecule has 1 fully saturated rings. The monoisotopic (exact) mass is 260 g/mol. The van der Waals surface area contributed by atoms with Gasteiger partial charge in [-0.05, 0) is 56.0 Å². The topological polar surface area (TPSA) is 52.6 Å². The molecule has 0 aliphatic carbocycles. The lowest BCUT2D eigenvalue weighted by molar-refractivity contribution is -0.138. The standard InChI is InChI=1S/C15H20N2O2/c1-15(6-2-7-16-15)14(19)17-8-5-11-3-4-13(18)9-12(11)10-17/h3-4,9,16,18H,2,5-8,10H2,1H3. The molecule has 0 aromatic heterocycles. The Hall–Kier alpha value is -1.55. The number of hydrogen-bond donors (Lipinski definition) is 2. The molecular formula is C15H20N2O2. The highest BCUT2D eigenvalue weighted by Gasteiger charge is 2.39. The van der Waals surface area contributed by atoms with E-state index in [-0.39, 0.29) is 11.7 Å². The number of amides is 1. The van der Waals surface area contributed by atoms with E-state index in [1.807, 2.05) is 17.9 Å². The zero-order valence-corrected chi connectivity index (χ0v) is 11.3. The molecule has 2 aliphatic heterocycles. The molecule has 1 saturated heterocycles. The smallest absolute Gasteiger partial charge is 0.242 e. The van der Waals surface area contributed by atoms with E-state index in [1.165, 1.54) is 5.56 Å². The van der Waals surface area contributed by atoms with Crippen LogP contribution in [0.2, 0.25) is 0 Å². The SMILES string of the molecule is CC1(C(=O)N2CCc3ccc(O)cc3C2)CCCN1. The van der Waals surface area contributed by atoms with Gasteiger partial charge in [0.2, 0.25) is 5.91 Å². The van der Waals surface area contributed by atoms with Crippen molar-refractivity contribution in [2.75, 3.05) is 13.1 Å². The molecule has 4 heteroatoms. The van der Waals surface area contributed by atoms with Crippen LogP contribution in [0.25, 0.3) is 0 Å². The molecule has 0 radical (unpaired) electrons. The summed E-state index contributed by atoms with van der Waals surface area (Å²) < 4.78 is 0. The first-order valence-electron chi connectivity index (χ1n) is 6.94. The molecule has 2 N–H and O–H groups in total. The third-order valence-corrected chi connectivity index (χ3v) is 4.33. The van der Waals surface area contributed by atoms with E-state index in [1.54, 1.807) is 12.1 Å². The number of carbonyl (C=O) groups excluding carboxylic acids is 1. The minimum Gasteiger partial charge on any atom is -0.508 e. The van der Waals surface area contributed by atoms with Crippen molar-refractivity contribution in [2.24, 2.45) is 0 Å². The second-order valence-electron chi connectivity index (χ2n) is 5.79. The molecule has 2 heterocycles. The van der Waals surface area contributed by atoms with Crippen LogP contribution >= 0.6 is 0 Å². The Morgan fingerprint density at radius 2 is 2.26 bits per heavy atom. The Morgan fingerprint density at radius 1 is 1.42 bits per heavy atom. The van der Waals surface area contributed by atoms with E-state index in [2.05, 4.69) is 5.32 Å². The summed E-state index contributed by atoms with van der Waals surface area (Å²) in [6.07, 6.45) is 2.85. The minimum absolute atomic E-state index is 0.194. The predicted octanol–water partition coefficient (Wildman–Crippen LogP) is 1.42. The first-order valence-corrected chi connectivity index (χ1v) is 6.94. The summed E-state index contributed by atoms with van der Waals surface area (Å²) in [6, 6.07) is 5.46. The maximum atomic E-state index is 12.6. The molecule has 1 aromatic carbocycles. The number of nitrogens with one attached hydrogen (secondary N) is 1. The van der Waals surface area contributed by atoms with Crippen molar-refractivity contribution in [3.63, 3.8) is 0 Å². The molecule has 1 unspecified atom stereocenters. The molecule has 2 aliphatic rings. The average molecular weight is 260 g/mol. The summed E-state index contributed by atoms with van der Waals surface area (Å²) >= 11 is 0. The van der Waals surface area contributed by atoms with Crippen LogP contribution in [0.4, 0.5) is 0 Å². The van der Waals surface area contributed by atoms with Crippen molar-refractivity contribution in [1.82, 2.24) is 10.2 Å². The molecule has 1 atom stereocenters. The molecule has 4 nitrogen and oxygen atoms in total. The number of aromatic hydroxyl groups is 1. The van der Waals surface area contributed by atoms with Crippen LogP contribution in [0.3, 0.4) is 0 Å². The maximum absolute atomic E-state index is 12.6. The van der Waals surface area contributed by atoms with Gasteiger partial charge in [0.15, 0.2) is 0 Å². The van der Waals surface area contributed by atoms with Crippen LogP contribution < -0.4 is 5.32 Å². The number of phenolic OH excluding ortho intramolecular Hbond substituents is 1. The molecule has 1 aromatic rings. The Bertz CT molecular complexity index is 507. The Kier molecular flexibility index (Phi) is 2.97. The Morgan fingerprint density at radius 3 is 3.00 bits per heavy atom. The van der Waals surface area contributed by atoms with Crippen molar-refractivity contribution >= 4 is 5.91 Å². The molecule has 102 valence electrons. The van der Waals surface area contributed by atoms with Gasteiger partial charge in [0.05, 0.1) is 5.54 Å². The van der Waals surface area contributed by atoms with Gasteiger partial charge >= 0.3 is 0 Å². The molecule has 0 bridgehead atoms. The largest absolute Gasteiger partial charge is 0.508 e. The van der Waals surface area contributed by atoms with E-state index >= 15 is 0 Å². The van der Waals surface area contributed by atoms with Crippen LogP contribution in [-0.4, -0.2) is 34.5 Å². The van der Waals surface area contributed by atoms with Crippen molar-refractivity contribution in [3.8, 4) is 5.75 Å². The highest BCUT2D eigenvalue weighted by Crippen LogP contribution is 2.27. The van der Waals surface area contributed by atoms with Crippen LogP contribution in [0.5, 0.6) is 5.75 Å². The molecule has 19 heavy (non-hydrogen) atoms. The zero-order valence-electron chi connectivity index (χ0n) is 11.3. The number of hydrogen-bond acceptors (Lipinski definition) is 3. The summed E-state index contributed by atoms with van der Waals surface area (Å²) in [7, 11) is 0. The summed E-state index contributed by atoms with van der Waals surface area (Å²) in [6.45, 7) is 4.31. The Balaban J connectivity index is 1.80. The van der Waals surface area contributed by atoms with Gasteiger partial charge in [0, 0.05) is 13.1 Å². The number of carbonyl (C=O) groups is 1. The molecule has 1 amide bonds. The summed E-state index contributed by atoms with van der Waals surface area (Å²) in [4.78, 5) is 14.5. The lowest BCUT2D eigenvalue weighted by atomic mass is 9.94. The summed E-state index contributed by atoms with van der Waals surface area (Å²) in [5.41, 5.74) is 1.92. The average Bonchev–Trinajstić information content (AvgIpc) is 2.85. The maximum Gasteiger partial charge on any atom is 0.242 e. The molecule has 3 rings (SSSR count). The van der Waals surface area contributed by atoms with Crippen molar-refractivity contribution < 1.29 is 9.90 Å². The van der Waals surface area contributed by atoms with Crippen LogP contribution in [0, 0.1) is 0 Å².